The van der Waals surface area contributed by atoms with E-state index in [-0.39, 0.29) is 22.6 Å². The molecular formula is C15H22O3. The Kier molecular flexibility index (Phi) is 2.76. The summed E-state index contributed by atoms with van der Waals surface area (Å²) >= 11 is 0. The number of ether oxygens (including phenoxy) is 1. The number of carbonyl (C=O) groups excluding carboxylic acids is 2. The number of esters is 1. The molecule has 0 saturated heterocycles. The van der Waals surface area contributed by atoms with Gasteiger partial charge in [-0.15, -0.1) is 0 Å². The van der Waals surface area contributed by atoms with E-state index in [1.165, 1.54) is 20.0 Å². The molecule has 0 unspecified atom stereocenters. The SMILES string of the molecule is COC(=O)[C@@H]1CC23CCCCC2(CCCC3)C1=O. The summed E-state index contributed by atoms with van der Waals surface area (Å²) in [6.45, 7) is 0. The van der Waals surface area contributed by atoms with Gasteiger partial charge in [-0.25, -0.2) is 0 Å². The maximum absolute atomic E-state index is 12.8. The molecule has 3 saturated carbocycles. The van der Waals surface area contributed by atoms with Gasteiger partial charge in [0.15, 0.2) is 5.78 Å². The highest BCUT2D eigenvalue weighted by molar-refractivity contribution is 6.04. The van der Waals surface area contributed by atoms with E-state index in [1.54, 1.807) is 0 Å². The summed E-state index contributed by atoms with van der Waals surface area (Å²) in [7, 11) is 1.40. The van der Waals surface area contributed by atoms with Gasteiger partial charge in [-0.1, -0.05) is 25.7 Å². The Morgan fingerprint density at radius 2 is 1.67 bits per heavy atom. The first-order chi connectivity index (χ1) is 8.65. The van der Waals surface area contributed by atoms with Gasteiger partial charge >= 0.3 is 5.97 Å². The smallest absolute Gasteiger partial charge is 0.316 e. The molecule has 100 valence electrons. The molecule has 0 radical (unpaired) electrons. The Balaban J connectivity index is 2.01. The Morgan fingerprint density at radius 1 is 1.11 bits per heavy atom. The first-order valence-electron chi connectivity index (χ1n) is 7.27. The lowest BCUT2D eigenvalue weighted by Gasteiger charge is -2.51. The van der Waals surface area contributed by atoms with Crippen LogP contribution in [0.25, 0.3) is 0 Å². The van der Waals surface area contributed by atoms with E-state index in [2.05, 4.69) is 0 Å². The van der Waals surface area contributed by atoms with Gasteiger partial charge in [0, 0.05) is 5.41 Å². The molecule has 0 aromatic heterocycles. The zero-order valence-corrected chi connectivity index (χ0v) is 11.2. The second-order valence-corrected chi connectivity index (χ2v) is 6.42. The van der Waals surface area contributed by atoms with Crippen molar-refractivity contribution in [3.63, 3.8) is 0 Å². The third-order valence-corrected chi connectivity index (χ3v) is 5.90. The Morgan fingerprint density at radius 3 is 2.17 bits per heavy atom. The van der Waals surface area contributed by atoms with Gasteiger partial charge in [-0.05, 0) is 37.5 Å². The van der Waals surface area contributed by atoms with Gasteiger partial charge < -0.3 is 4.74 Å². The first kappa shape index (κ1) is 12.2. The maximum atomic E-state index is 12.8. The summed E-state index contributed by atoms with van der Waals surface area (Å²) in [6, 6.07) is 0. The monoisotopic (exact) mass is 250 g/mol. The van der Waals surface area contributed by atoms with Crippen LogP contribution in [0.4, 0.5) is 0 Å². The number of Topliss-reactive ketones (excluding diaryl/α,β-unsaturated/α-hetero) is 1. The molecule has 0 aromatic rings. The highest BCUT2D eigenvalue weighted by Crippen LogP contribution is 2.67. The van der Waals surface area contributed by atoms with E-state index in [9.17, 15) is 9.59 Å². The number of methoxy groups -OCH3 is 1. The lowest BCUT2D eigenvalue weighted by molar-refractivity contribution is -0.150. The Bertz CT molecular complexity index is 373. The van der Waals surface area contributed by atoms with E-state index in [0.717, 1.165) is 44.9 Å². The largest absolute Gasteiger partial charge is 0.468 e. The molecule has 1 atom stereocenters. The zero-order chi connectivity index (χ0) is 12.8. The maximum Gasteiger partial charge on any atom is 0.316 e. The minimum Gasteiger partial charge on any atom is -0.468 e. The van der Waals surface area contributed by atoms with Crippen LogP contribution in [-0.4, -0.2) is 18.9 Å². The molecule has 0 spiro atoms. The third-order valence-electron chi connectivity index (χ3n) is 5.90. The second-order valence-electron chi connectivity index (χ2n) is 6.42. The number of carbonyl (C=O) groups is 2. The van der Waals surface area contributed by atoms with Crippen molar-refractivity contribution >= 4 is 11.8 Å². The molecule has 3 aliphatic rings. The van der Waals surface area contributed by atoms with Crippen molar-refractivity contribution in [3.05, 3.63) is 0 Å². The number of hydrogen-bond donors (Lipinski definition) is 0. The van der Waals surface area contributed by atoms with Gasteiger partial charge in [-0.2, -0.15) is 0 Å². The van der Waals surface area contributed by atoms with Crippen molar-refractivity contribution in [2.24, 2.45) is 16.7 Å². The van der Waals surface area contributed by atoms with Crippen LogP contribution in [0.3, 0.4) is 0 Å². The van der Waals surface area contributed by atoms with Gasteiger partial charge in [0.1, 0.15) is 5.92 Å². The molecule has 0 aliphatic heterocycles. The summed E-state index contributed by atoms with van der Waals surface area (Å²) in [5.74, 6) is -0.546. The van der Waals surface area contributed by atoms with Crippen molar-refractivity contribution in [1.82, 2.24) is 0 Å². The first-order valence-corrected chi connectivity index (χ1v) is 7.27. The second kappa shape index (κ2) is 4.07. The average Bonchev–Trinajstić information content (AvgIpc) is 2.69. The summed E-state index contributed by atoms with van der Waals surface area (Å²) in [5, 5.41) is 0. The zero-order valence-electron chi connectivity index (χ0n) is 11.2. The summed E-state index contributed by atoms with van der Waals surface area (Å²) in [4.78, 5) is 24.7. The number of rotatable bonds is 1. The van der Waals surface area contributed by atoms with Crippen LogP contribution < -0.4 is 0 Å². The average molecular weight is 250 g/mol. The molecular weight excluding hydrogens is 228 g/mol. The van der Waals surface area contributed by atoms with Crippen LogP contribution in [0, 0.1) is 16.7 Å². The van der Waals surface area contributed by atoms with E-state index in [0.29, 0.717) is 0 Å². The fourth-order valence-corrected chi connectivity index (χ4v) is 5.10. The van der Waals surface area contributed by atoms with Gasteiger partial charge in [0.05, 0.1) is 7.11 Å². The molecule has 3 fully saturated rings. The third kappa shape index (κ3) is 1.36. The minimum absolute atomic E-state index is 0.138. The van der Waals surface area contributed by atoms with Crippen LogP contribution in [0.5, 0.6) is 0 Å². The summed E-state index contributed by atoms with van der Waals surface area (Å²) in [5.41, 5.74) is -0.0260. The highest BCUT2D eigenvalue weighted by Gasteiger charge is 2.65. The number of ketones is 1. The van der Waals surface area contributed by atoms with Crippen LogP contribution in [0.2, 0.25) is 0 Å². The Hall–Kier alpha value is -0.860. The molecule has 0 heterocycles. The van der Waals surface area contributed by atoms with Crippen LogP contribution in [-0.2, 0) is 14.3 Å². The Labute approximate surface area is 108 Å². The van der Waals surface area contributed by atoms with Crippen LogP contribution in [0.15, 0.2) is 0 Å². The normalized spacial score (nSPS) is 43.2. The molecule has 0 bridgehead atoms. The van der Waals surface area contributed by atoms with Crippen molar-refractivity contribution < 1.29 is 14.3 Å². The predicted octanol–water partition coefficient (Wildman–Crippen LogP) is 2.87. The summed E-state index contributed by atoms with van der Waals surface area (Å²) in [6.07, 6.45) is 9.84. The topological polar surface area (TPSA) is 43.4 Å². The molecule has 0 N–H and O–H groups in total. The standard InChI is InChI=1S/C15H22O3/c1-18-13(17)11-10-14-6-2-4-8-15(14,12(11)16)9-5-3-7-14/h11H,2-10H2,1H3/t11-,14?,15?/m1/s1. The molecule has 0 aromatic carbocycles. The lowest BCUT2D eigenvalue weighted by atomic mass is 9.51. The van der Waals surface area contributed by atoms with E-state index >= 15 is 0 Å². The van der Waals surface area contributed by atoms with Crippen molar-refractivity contribution in [2.75, 3.05) is 7.11 Å². The number of hydrogen-bond acceptors (Lipinski definition) is 3. The van der Waals surface area contributed by atoms with Crippen LogP contribution in [0.1, 0.15) is 57.8 Å². The quantitative estimate of drug-likeness (QED) is 0.531. The lowest BCUT2D eigenvalue weighted by Crippen LogP contribution is -2.47. The van der Waals surface area contributed by atoms with Gasteiger partial charge in [0.2, 0.25) is 0 Å². The van der Waals surface area contributed by atoms with Gasteiger partial charge in [0.25, 0.3) is 0 Å². The molecule has 3 aliphatic carbocycles. The van der Waals surface area contributed by atoms with E-state index < -0.39 is 5.92 Å². The fraction of sp³-hybridized carbons (Fsp3) is 0.867. The van der Waals surface area contributed by atoms with E-state index in [1.807, 2.05) is 0 Å². The van der Waals surface area contributed by atoms with Crippen molar-refractivity contribution in [2.45, 2.75) is 57.8 Å². The van der Waals surface area contributed by atoms with Crippen molar-refractivity contribution in [1.29, 1.82) is 0 Å². The minimum atomic E-state index is -0.466. The van der Waals surface area contributed by atoms with Gasteiger partial charge in [-0.3, -0.25) is 9.59 Å². The highest BCUT2D eigenvalue weighted by atomic mass is 16.5. The summed E-state index contributed by atoms with van der Waals surface area (Å²) < 4.78 is 4.85. The molecule has 3 heteroatoms. The van der Waals surface area contributed by atoms with Crippen molar-refractivity contribution in [3.8, 4) is 0 Å². The van der Waals surface area contributed by atoms with Crippen LogP contribution >= 0.6 is 0 Å². The molecule has 3 nitrogen and oxygen atoms in total. The van der Waals surface area contributed by atoms with E-state index in [4.69, 9.17) is 4.74 Å². The molecule has 0 amide bonds. The molecule has 18 heavy (non-hydrogen) atoms. The fourth-order valence-electron chi connectivity index (χ4n) is 5.10. The molecule has 3 rings (SSSR count). The predicted molar refractivity (Wildman–Crippen MR) is 66.9 cm³/mol.